The van der Waals surface area contributed by atoms with Crippen LogP contribution in [0.2, 0.25) is 0 Å². The second-order valence-electron chi connectivity index (χ2n) is 5.54. The van der Waals surface area contributed by atoms with Gasteiger partial charge in [-0.15, -0.1) is 0 Å². The van der Waals surface area contributed by atoms with E-state index < -0.39 is 16.0 Å². The molecule has 0 saturated heterocycles. The number of furan rings is 1. The van der Waals surface area contributed by atoms with E-state index in [0.29, 0.717) is 11.3 Å². The first-order valence-electron chi connectivity index (χ1n) is 7.51. The maximum Gasteiger partial charge on any atom is 0.335 e. The van der Waals surface area contributed by atoms with Crippen molar-refractivity contribution in [1.29, 1.82) is 0 Å². The molecule has 0 aliphatic rings. The van der Waals surface area contributed by atoms with E-state index in [9.17, 15) is 18.3 Å². The molecule has 1 heterocycles. The number of sulfonamides is 1. The van der Waals surface area contributed by atoms with Crippen LogP contribution in [0.5, 0.6) is 11.5 Å². The lowest BCUT2D eigenvalue weighted by Crippen LogP contribution is -2.16. The molecule has 8 heteroatoms. The van der Waals surface area contributed by atoms with Crippen LogP contribution in [-0.4, -0.2) is 19.5 Å². The molecule has 0 bridgehead atoms. The summed E-state index contributed by atoms with van der Waals surface area (Å²) in [5.74, 6) is -0.881. The molecule has 0 aliphatic heterocycles. The predicted octanol–water partition coefficient (Wildman–Crippen LogP) is 3.01. The first-order valence-corrected chi connectivity index (χ1v) is 9.06. The van der Waals surface area contributed by atoms with E-state index in [4.69, 9.17) is 14.3 Å². The van der Waals surface area contributed by atoms with Gasteiger partial charge in [0.05, 0.1) is 18.1 Å². The van der Waals surface area contributed by atoms with Gasteiger partial charge in [0.25, 0.3) is 0 Å². The molecule has 3 N–H and O–H groups in total. The predicted molar refractivity (Wildman–Crippen MR) is 92.8 cm³/mol. The number of para-hydroxylation sites is 1. The number of carboxylic acid groups (broad SMARTS) is 1. The lowest BCUT2D eigenvalue weighted by Gasteiger charge is -2.15. The van der Waals surface area contributed by atoms with Crippen LogP contribution in [0.15, 0.2) is 70.4 Å². The van der Waals surface area contributed by atoms with Crippen LogP contribution in [0.1, 0.15) is 21.5 Å². The first kappa shape index (κ1) is 17.7. The lowest BCUT2D eigenvalue weighted by atomic mass is 10.0. The molecule has 26 heavy (non-hydrogen) atoms. The van der Waals surface area contributed by atoms with Crippen molar-refractivity contribution in [1.82, 2.24) is 0 Å². The molecule has 0 fully saturated rings. The fourth-order valence-electron chi connectivity index (χ4n) is 2.46. The van der Waals surface area contributed by atoms with Gasteiger partial charge in [-0.05, 0) is 35.9 Å². The minimum Gasteiger partial charge on any atom is -0.478 e. The summed E-state index contributed by atoms with van der Waals surface area (Å²) in [5.41, 5.74) is 0.887. The average Bonchev–Trinajstić information content (AvgIpc) is 3.09. The minimum atomic E-state index is -4.22. The van der Waals surface area contributed by atoms with E-state index >= 15 is 0 Å². The molecule has 3 aromatic rings. The zero-order valence-corrected chi connectivity index (χ0v) is 14.3. The summed E-state index contributed by atoms with van der Waals surface area (Å²) in [6.07, 6.45) is 3.16. The third kappa shape index (κ3) is 3.93. The Hall–Kier alpha value is -3.10. The third-order valence-electron chi connectivity index (χ3n) is 3.62. The Kier molecular flexibility index (Phi) is 4.79. The van der Waals surface area contributed by atoms with Gasteiger partial charge in [-0.1, -0.05) is 18.2 Å². The Labute approximate surface area is 149 Å². The molecule has 0 atom stereocenters. The first-order chi connectivity index (χ1) is 12.3. The average molecular weight is 373 g/mol. The molecule has 0 unspecified atom stereocenters. The number of primary sulfonamides is 1. The van der Waals surface area contributed by atoms with Crippen molar-refractivity contribution < 1.29 is 27.5 Å². The monoisotopic (exact) mass is 373 g/mol. The van der Waals surface area contributed by atoms with Crippen LogP contribution >= 0.6 is 0 Å². The highest BCUT2D eigenvalue weighted by Crippen LogP contribution is 2.35. The van der Waals surface area contributed by atoms with Gasteiger partial charge >= 0.3 is 5.97 Å². The summed E-state index contributed by atoms with van der Waals surface area (Å²) in [5, 5.41) is 14.6. The van der Waals surface area contributed by atoms with E-state index in [2.05, 4.69) is 0 Å². The van der Waals surface area contributed by atoms with Crippen molar-refractivity contribution in [2.75, 3.05) is 0 Å². The van der Waals surface area contributed by atoms with Crippen molar-refractivity contribution >= 4 is 16.0 Å². The summed E-state index contributed by atoms with van der Waals surface area (Å²) < 4.78 is 34.9. The number of aromatic carboxylic acids is 1. The van der Waals surface area contributed by atoms with Crippen LogP contribution in [0, 0.1) is 0 Å². The number of carbonyl (C=O) groups is 1. The smallest absolute Gasteiger partial charge is 0.335 e. The standard InChI is InChI=1S/C18H15NO6S/c19-26(22,23)16-10-14(18(20)21)9-13(8-12-6-7-24-11-12)17(16)25-15-4-2-1-3-5-15/h1-7,9-11H,8H2,(H,20,21)(H2,19,22,23). The summed E-state index contributed by atoms with van der Waals surface area (Å²) in [7, 11) is -4.22. The number of hydrogen-bond donors (Lipinski definition) is 2. The Morgan fingerprint density at radius 2 is 1.88 bits per heavy atom. The Bertz CT molecular complexity index is 1030. The number of hydrogen-bond acceptors (Lipinski definition) is 5. The van der Waals surface area contributed by atoms with Crippen LogP contribution in [-0.2, 0) is 16.4 Å². The highest BCUT2D eigenvalue weighted by atomic mass is 32.2. The second kappa shape index (κ2) is 7.03. The van der Waals surface area contributed by atoms with Gasteiger partial charge in [-0.25, -0.2) is 18.4 Å². The summed E-state index contributed by atoms with van der Waals surface area (Å²) in [4.78, 5) is 11.0. The molecule has 0 spiro atoms. The molecule has 1 aromatic heterocycles. The molecule has 134 valence electrons. The van der Waals surface area contributed by atoms with Crippen LogP contribution in [0.4, 0.5) is 0 Å². The lowest BCUT2D eigenvalue weighted by molar-refractivity contribution is 0.0696. The molecule has 7 nitrogen and oxygen atoms in total. The fourth-order valence-corrected chi connectivity index (χ4v) is 3.18. The van der Waals surface area contributed by atoms with Gasteiger partial charge in [-0.2, -0.15) is 0 Å². The number of carboxylic acids is 1. The van der Waals surface area contributed by atoms with Crippen LogP contribution < -0.4 is 9.88 Å². The molecule has 0 saturated carbocycles. The Balaban J connectivity index is 2.20. The fraction of sp³-hybridized carbons (Fsp3) is 0.0556. The van der Waals surface area contributed by atoms with Crippen molar-refractivity contribution in [3.63, 3.8) is 0 Å². The summed E-state index contributed by atoms with van der Waals surface area (Å²) >= 11 is 0. The van der Waals surface area contributed by atoms with Gasteiger partial charge in [0.1, 0.15) is 10.6 Å². The molecule has 2 aromatic carbocycles. The second-order valence-corrected chi connectivity index (χ2v) is 7.07. The number of benzene rings is 2. The SMILES string of the molecule is NS(=O)(=O)c1cc(C(=O)O)cc(Cc2ccoc2)c1Oc1ccccc1. The molecule has 0 amide bonds. The van der Waals surface area contributed by atoms with Crippen molar-refractivity contribution in [2.24, 2.45) is 5.14 Å². The van der Waals surface area contributed by atoms with Gasteiger partial charge in [0.15, 0.2) is 5.75 Å². The zero-order chi connectivity index (χ0) is 18.7. The highest BCUT2D eigenvalue weighted by Gasteiger charge is 2.23. The van der Waals surface area contributed by atoms with Gasteiger partial charge in [0, 0.05) is 12.0 Å². The van der Waals surface area contributed by atoms with E-state index in [1.54, 1.807) is 36.4 Å². The third-order valence-corrected chi connectivity index (χ3v) is 4.54. The summed E-state index contributed by atoms with van der Waals surface area (Å²) in [6.45, 7) is 0. The van der Waals surface area contributed by atoms with Gasteiger partial charge in [0.2, 0.25) is 10.0 Å². The van der Waals surface area contributed by atoms with Crippen LogP contribution in [0.3, 0.4) is 0 Å². The van der Waals surface area contributed by atoms with E-state index in [-0.39, 0.29) is 22.6 Å². The largest absolute Gasteiger partial charge is 0.478 e. The zero-order valence-electron chi connectivity index (χ0n) is 13.5. The van der Waals surface area contributed by atoms with Crippen molar-refractivity contribution in [3.05, 3.63) is 77.7 Å². The molecule has 3 rings (SSSR count). The van der Waals surface area contributed by atoms with Crippen LogP contribution in [0.25, 0.3) is 0 Å². The maximum absolute atomic E-state index is 12.1. The Morgan fingerprint density at radius 3 is 2.46 bits per heavy atom. The molecular formula is C18H15NO6S. The van der Waals surface area contributed by atoms with E-state index in [0.717, 1.165) is 11.6 Å². The van der Waals surface area contributed by atoms with Crippen molar-refractivity contribution in [2.45, 2.75) is 11.3 Å². The van der Waals surface area contributed by atoms with E-state index in [1.807, 2.05) is 0 Å². The molecular weight excluding hydrogens is 358 g/mol. The number of rotatable bonds is 6. The quantitative estimate of drug-likeness (QED) is 0.685. The van der Waals surface area contributed by atoms with Gasteiger partial charge in [-0.3, -0.25) is 0 Å². The normalized spacial score (nSPS) is 11.3. The number of ether oxygens (including phenoxy) is 1. The molecule has 0 aliphatic carbocycles. The van der Waals surface area contributed by atoms with Gasteiger partial charge < -0.3 is 14.3 Å². The number of nitrogens with two attached hydrogens (primary N) is 1. The van der Waals surface area contributed by atoms with E-state index in [1.165, 1.54) is 18.6 Å². The minimum absolute atomic E-state index is 0.00935. The summed E-state index contributed by atoms with van der Waals surface area (Å²) in [6, 6.07) is 12.6. The highest BCUT2D eigenvalue weighted by molar-refractivity contribution is 7.89. The van der Waals surface area contributed by atoms with Crippen molar-refractivity contribution in [3.8, 4) is 11.5 Å². The Morgan fingerprint density at radius 1 is 1.15 bits per heavy atom. The maximum atomic E-state index is 12.1. The topological polar surface area (TPSA) is 120 Å². The molecule has 0 radical (unpaired) electrons.